The maximum absolute atomic E-state index is 13.1. The Hall–Kier alpha value is -3.23. The molecule has 2 rings (SSSR count). The molecule has 0 heterocycles. The molecule has 34 heavy (non-hydrogen) atoms. The van der Waals surface area contributed by atoms with Gasteiger partial charge in [-0.15, -0.1) is 0 Å². The molecule has 0 bridgehead atoms. The van der Waals surface area contributed by atoms with Crippen LogP contribution in [0.3, 0.4) is 0 Å². The smallest absolute Gasteiger partial charge is 0.416 e. The van der Waals surface area contributed by atoms with Gasteiger partial charge in [0.2, 0.25) is 5.91 Å². The van der Waals surface area contributed by atoms with Crippen LogP contribution in [0, 0.1) is 0 Å². The molecule has 2 N–H and O–H groups in total. The highest BCUT2D eigenvalue weighted by Crippen LogP contribution is 2.37. The van der Waals surface area contributed by atoms with Crippen molar-refractivity contribution in [3.8, 4) is 16.9 Å². The molecule has 0 aliphatic carbocycles. The fourth-order valence-electron chi connectivity index (χ4n) is 3.22. The number of carbonyl (C=O) groups excluding carboxylic acids is 2. The number of halogens is 3. The molecule has 186 valence electrons. The highest BCUT2D eigenvalue weighted by atomic mass is 19.4. The summed E-state index contributed by atoms with van der Waals surface area (Å²) in [5.41, 5.74) is 0.0672. The summed E-state index contributed by atoms with van der Waals surface area (Å²) in [5, 5.41) is 12.9. The Morgan fingerprint density at radius 2 is 1.79 bits per heavy atom. The van der Waals surface area contributed by atoms with E-state index < -0.39 is 17.8 Å². The minimum Gasteiger partial charge on any atom is -0.507 e. The van der Waals surface area contributed by atoms with E-state index in [1.165, 1.54) is 4.90 Å². The minimum atomic E-state index is -4.55. The van der Waals surface area contributed by atoms with Gasteiger partial charge in [0.1, 0.15) is 12.3 Å². The third-order valence-corrected chi connectivity index (χ3v) is 5.10. The molecule has 2 aromatic rings. The molecule has 0 atom stereocenters. The maximum atomic E-state index is 13.1. The molecule has 0 radical (unpaired) electrons. The Labute approximate surface area is 197 Å². The van der Waals surface area contributed by atoms with E-state index >= 15 is 0 Å². The maximum Gasteiger partial charge on any atom is 0.416 e. The molecule has 6 nitrogen and oxygen atoms in total. The van der Waals surface area contributed by atoms with Gasteiger partial charge in [0.25, 0.3) is 0 Å². The lowest BCUT2D eigenvalue weighted by Gasteiger charge is -2.22. The van der Waals surface area contributed by atoms with Crippen LogP contribution in [0.5, 0.6) is 5.75 Å². The van der Waals surface area contributed by atoms with Crippen LogP contribution in [0.15, 0.2) is 42.5 Å². The van der Waals surface area contributed by atoms with E-state index in [-0.39, 0.29) is 36.9 Å². The van der Waals surface area contributed by atoms with Gasteiger partial charge in [0.15, 0.2) is 0 Å². The van der Waals surface area contributed by atoms with Gasteiger partial charge in [0.05, 0.1) is 12.2 Å². The van der Waals surface area contributed by atoms with Crippen molar-refractivity contribution in [1.29, 1.82) is 0 Å². The normalized spacial score (nSPS) is 11.2. The van der Waals surface area contributed by atoms with E-state index in [0.717, 1.165) is 37.5 Å². The number of nitrogens with one attached hydrogen (secondary N) is 1. The number of ether oxygens (including phenoxy) is 1. The average Bonchev–Trinajstić information content (AvgIpc) is 2.78. The highest BCUT2D eigenvalue weighted by Gasteiger charge is 2.31. The highest BCUT2D eigenvalue weighted by molar-refractivity contribution is 5.82. The lowest BCUT2D eigenvalue weighted by Crippen LogP contribution is -2.41. The molecule has 0 aliphatic rings. The Morgan fingerprint density at radius 3 is 2.47 bits per heavy atom. The molecule has 2 aromatic carbocycles. The largest absolute Gasteiger partial charge is 0.507 e. The Balaban J connectivity index is 2.25. The predicted octanol–water partition coefficient (Wildman–Crippen LogP) is 5.73. The number of carbonyl (C=O) groups is 2. The first-order valence-electron chi connectivity index (χ1n) is 11.3. The first-order valence-corrected chi connectivity index (χ1v) is 11.3. The fourth-order valence-corrected chi connectivity index (χ4v) is 3.22. The monoisotopic (exact) mass is 480 g/mol. The van der Waals surface area contributed by atoms with E-state index in [4.69, 9.17) is 4.74 Å². The first kappa shape index (κ1) is 27.0. The van der Waals surface area contributed by atoms with Gasteiger partial charge < -0.3 is 15.2 Å². The van der Waals surface area contributed by atoms with Gasteiger partial charge in [0, 0.05) is 18.7 Å². The quantitative estimate of drug-likeness (QED) is 0.403. The van der Waals surface area contributed by atoms with Crippen molar-refractivity contribution in [2.75, 3.05) is 19.7 Å². The molecule has 9 heteroatoms. The number of benzene rings is 2. The summed E-state index contributed by atoms with van der Waals surface area (Å²) in [6, 6.07) is 9.15. The van der Waals surface area contributed by atoms with Crippen molar-refractivity contribution >= 4 is 12.0 Å². The lowest BCUT2D eigenvalue weighted by molar-refractivity contribution is -0.137. The van der Waals surface area contributed by atoms with Gasteiger partial charge in [-0.05, 0) is 48.2 Å². The van der Waals surface area contributed by atoms with Crippen LogP contribution in [-0.4, -0.2) is 41.7 Å². The van der Waals surface area contributed by atoms with E-state index in [1.54, 1.807) is 24.3 Å². The molecular weight excluding hydrogens is 449 g/mol. The molecular formula is C25H31F3N2O4. The first-order chi connectivity index (χ1) is 16.2. The molecule has 0 spiro atoms. The van der Waals surface area contributed by atoms with Crippen LogP contribution in [0.1, 0.15) is 50.7 Å². The molecule has 0 saturated heterocycles. The Bertz CT molecular complexity index is 963. The number of phenolic OH excluding ortho intramolecular Hbond substituents is 1. The van der Waals surface area contributed by atoms with Crippen LogP contribution >= 0.6 is 0 Å². The standard InChI is InChI=1S/C25H31F3N2O4/c1-3-5-12-29-23(32)17-30(24(33)34-13-6-4-2)16-18-8-7-9-19(14-18)21-15-20(25(26,27)28)10-11-22(21)31/h7-11,14-15,31H,3-6,12-13,16-17H2,1-2H3,(H,29,32). The topological polar surface area (TPSA) is 78.9 Å². The van der Waals surface area contributed by atoms with E-state index in [9.17, 15) is 27.9 Å². The van der Waals surface area contributed by atoms with E-state index in [0.29, 0.717) is 24.1 Å². The number of alkyl halides is 3. The van der Waals surface area contributed by atoms with E-state index in [1.807, 2.05) is 13.8 Å². The van der Waals surface area contributed by atoms with Crippen LogP contribution in [0.4, 0.5) is 18.0 Å². The van der Waals surface area contributed by atoms with Crippen LogP contribution in [-0.2, 0) is 22.3 Å². The van der Waals surface area contributed by atoms with Crippen molar-refractivity contribution in [3.63, 3.8) is 0 Å². The van der Waals surface area contributed by atoms with Crippen LogP contribution in [0.25, 0.3) is 11.1 Å². The second-order valence-electron chi connectivity index (χ2n) is 7.96. The van der Waals surface area contributed by atoms with Crippen molar-refractivity contribution in [3.05, 3.63) is 53.6 Å². The van der Waals surface area contributed by atoms with Crippen LogP contribution < -0.4 is 5.32 Å². The number of phenols is 1. The summed E-state index contributed by atoms with van der Waals surface area (Å²) in [4.78, 5) is 26.2. The molecule has 0 aliphatic heterocycles. The van der Waals surface area contributed by atoms with Gasteiger partial charge >= 0.3 is 12.3 Å². The third-order valence-electron chi connectivity index (χ3n) is 5.10. The van der Waals surface area contributed by atoms with Crippen molar-refractivity contribution in [2.24, 2.45) is 0 Å². The molecule has 2 amide bonds. The van der Waals surface area contributed by atoms with Gasteiger partial charge in [-0.1, -0.05) is 44.9 Å². The number of amides is 2. The summed E-state index contributed by atoms with van der Waals surface area (Å²) in [6.07, 6.45) is -1.94. The van der Waals surface area contributed by atoms with Crippen LogP contribution in [0.2, 0.25) is 0 Å². The van der Waals surface area contributed by atoms with Gasteiger partial charge in [-0.2, -0.15) is 13.2 Å². The second-order valence-corrected chi connectivity index (χ2v) is 7.96. The summed E-state index contributed by atoms with van der Waals surface area (Å²) >= 11 is 0. The molecule has 0 unspecified atom stereocenters. The SMILES string of the molecule is CCCCNC(=O)CN(Cc1cccc(-c2cc(C(F)(F)F)ccc2O)c1)C(=O)OCCCC. The third kappa shape index (κ3) is 8.28. The van der Waals surface area contributed by atoms with Crippen molar-refractivity contribution < 1.29 is 32.6 Å². The van der Waals surface area contributed by atoms with Gasteiger partial charge in [-0.3, -0.25) is 9.69 Å². The number of aromatic hydroxyl groups is 1. The Kier molecular flexibility index (Phi) is 10.2. The number of hydrogen-bond acceptors (Lipinski definition) is 4. The number of rotatable bonds is 11. The number of nitrogens with zero attached hydrogens (tertiary/aromatic N) is 1. The summed E-state index contributed by atoms with van der Waals surface area (Å²) in [7, 11) is 0. The van der Waals surface area contributed by atoms with E-state index in [2.05, 4.69) is 5.32 Å². The fraction of sp³-hybridized carbons (Fsp3) is 0.440. The summed E-state index contributed by atoms with van der Waals surface area (Å²) in [5.74, 6) is -0.621. The molecule has 0 aromatic heterocycles. The summed E-state index contributed by atoms with van der Waals surface area (Å²) < 4.78 is 44.7. The van der Waals surface area contributed by atoms with Crippen molar-refractivity contribution in [1.82, 2.24) is 10.2 Å². The Morgan fingerprint density at radius 1 is 1.06 bits per heavy atom. The zero-order valence-electron chi connectivity index (χ0n) is 19.5. The van der Waals surface area contributed by atoms with Crippen molar-refractivity contribution in [2.45, 2.75) is 52.3 Å². The predicted molar refractivity (Wildman–Crippen MR) is 123 cm³/mol. The molecule has 0 fully saturated rings. The number of unbranched alkanes of at least 4 members (excludes halogenated alkanes) is 2. The zero-order valence-corrected chi connectivity index (χ0v) is 19.5. The zero-order chi connectivity index (χ0) is 25.1. The minimum absolute atomic E-state index is 0.0136. The average molecular weight is 481 g/mol. The molecule has 0 saturated carbocycles. The second kappa shape index (κ2) is 12.9. The van der Waals surface area contributed by atoms with Gasteiger partial charge in [-0.25, -0.2) is 4.79 Å². The number of hydrogen-bond donors (Lipinski definition) is 2. The summed E-state index contributed by atoms with van der Waals surface area (Å²) in [6.45, 7) is 4.48. The lowest BCUT2D eigenvalue weighted by atomic mass is 9.99.